The van der Waals surface area contributed by atoms with E-state index in [1.807, 2.05) is 25.1 Å². The van der Waals surface area contributed by atoms with Crippen LogP contribution in [0.15, 0.2) is 70.4 Å². The van der Waals surface area contributed by atoms with E-state index < -0.39 is 17.2 Å². The topological polar surface area (TPSA) is 95.2 Å². The number of nitrogens with one attached hydrogen (secondary N) is 1. The van der Waals surface area contributed by atoms with E-state index in [1.54, 1.807) is 37.4 Å². The lowest BCUT2D eigenvalue weighted by Crippen LogP contribution is -2.38. The van der Waals surface area contributed by atoms with Crippen molar-refractivity contribution in [1.29, 1.82) is 0 Å². The van der Waals surface area contributed by atoms with E-state index in [0.717, 1.165) is 10.1 Å². The van der Waals surface area contributed by atoms with Gasteiger partial charge in [0.25, 0.3) is 11.5 Å². The van der Waals surface area contributed by atoms with Crippen molar-refractivity contribution in [2.75, 3.05) is 12.4 Å². The molecule has 0 atom stereocenters. The number of amides is 1. The number of ether oxygens (including phenoxy) is 1. The molecular weight excluding hydrogens is 396 g/mol. The first-order valence-electron chi connectivity index (χ1n) is 9.54. The van der Waals surface area contributed by atoms with Crippen molar-refractivity contribution in [3.63, 3.8) is 0 Å². The van der Waals surface area contributed by atoms with Gasteiger partial charge in [0.1, 0.15) is 5.75 Å². The maximum Gasteiger partial charge on any atom is 0.337 e. The SMILES string of the molecule is COc1ccc(-n2c(=O)n(C)c(=O)c3cc(C(=O)Nc4ccccc4C)cnc32)cc1. The van der Waals surface area contributed by atoms with Gasteiger partial charge in [0.05, 0.1) is 23.7 Å². The summed E-state index contributed by atoms with van der Waals surface area (Å²) in [6.45, 7) is 1.89. The molecule has 8 heteroatoms. The lowest BCUT2D eigenvalue weighted by atomic mass is 10.1. The Labute approximate surface area is 177 Å². The van der Waals surface area contributed by atoms with Crippen molar-refractivity contribution < 1.29 is 9.53 Å². The molecule has 0 spiro atoms. The summed E-state index contributed by atoms with van der Waals surface area (Å²) in [5.41, 5.74) is 1.43. The van der Waals surface area contributed by atoms with Crippen molar-refractivity contribution >= 4 is 22.6 Å². The van der Waals surface area contributed by atoms with E-state index in [1.165, 1.54) is 23.9 Å². The van der Waals surface area contributed by atoms with Crippen LogP contribution in [0.4, 0.5) is 5.69 Å². The first-order chi connectivity index (χ1) is 14.9. The Morgan fingerprint density at radius 1 is 1.06 bits per heavy atom. The smallest absolute Gasteiger partial charge is 0.337 e. The van der Waals surface area contributed by atoms with Crippen LogP contribution >= 0.6 is 0 Å². The monoisotopic (exact) mass is 416 g/mol. The molecular formula is C23H20N4O4. The summed E-state index contributed by atoms with van der Waals surface area (Å²) in [7, 11) is 2.94. The van der Waals surface area contributed by atoms with E-state index >= 15 is 0 Å². The number of benzene rings is 2. The van der Waals surface area contributed by atoms with Gasteiger partial charge in [0.2, 0.25) is 0 Å². The predicted octanol–water partition coefficient (Wildman–Crippen LogP) is 2.65. The van der Waals surface area contributed by atoms with Crippen molar-refractivity contribution in [2.45, 2.75) is 6.92 Å². The van der Waals surface area contributed by atoms with Crippen LogP contribution in [0, 0.1) is 6.92 Å². The van der Waals surface area contributed by atoms with E-state index in [2.05, 4.69) is 10.3 Å². The van der Waals surface area contributed by atoms with Crippen LogP contribution < -0.4 is 21.3 Å². The number of aromatic nitrogens is 3. The Hall–Kier alpha value is -4.20. The molecule has 2 aromatic heterocycles. The van der Waals surface area contributed by atoms with Gasteiger partial charge in [0.15, 0.2) is 5.65 Å². The van der Waals surface area contributed by atoms with Crippen LogP contribution in [0.3, 0.4) is 0 Å². The lowest BCUT2D eigenvalue weighted by molar-refractivity contribution is 0.102. The second-order valence-corrected chi connectivity index (χ2v) is 7.04. The predicted molar refractivity (Wildman–Crippen MR) is 118 cm³/mol. The van der Waals surface area contributed by atoms with Gasteiger partial charge in [-0.2, -0.15) is 0 Å². The van der Waals surface area contributed by atoms with Gasteiger partial charge in [-0.3, -0.25) is 14.2 Å². The van der Waals surface area contributed by atoms with E-state index in [4.69, 9.17) is 4.74 Å². The summed E-state index contributed by atoms with van der Waals surface area (Å²) in [6, 6.07) is 15.7. The fourth-order valence-corrected chi connectivity index (χ4v) is 3.30. The minimum atomic E-state index is -0.535. The third-order valence-corrected chi connectivity index (χ3v) is 5.08. The molecule has 0 aliphatic rings. The average molecular weight is 416 g/mol. The number of anilines is 1. The number of rotatable bonds is 4. The highest BCUT2D eigenvalue weighted by atomic mass is 16.5. The minimum absolute atomic E-state index is 0.162. The largest absolute Gasteiger partial charge is 0.497 e. The van der Waals surface area contributed by atoms with Crippen molar-refractivity contribution in [3.05, 3.63) is 92.8 Å². The van der Waals surface area contributed by atoms with Crippen LogP contribution in [0.1, 0.15) is 15.9 Å². The first-order valence-corrected chi connectivity index (χ1v) is 9.54. The first kappa shape index (κ1) is 20.1. The Bertz CT molecular complexity index is 1420. The molecule has 8 nitrogen and oxygen atoms in total. The third kappa shape index (κ3) is 3.59. The van der Waals surface area contributed by atoms with Crippen molar-refractivity contribution in [2.24, 2.45) is 7.05 Å². The number of aryl methyl sites for hydroxylation is 1. The zero-order valence-corrected chi connectivity index (χ0v) is 17.2. The molecule has 1 N–H and O–H groups in total. The number of carbonyl (C=O) groups is 1. The molecule has 0 aliphatic heterocycles. The molecule has 0 unspecified atom stereocenters. The Morgan fingerprint density at radius 3 is 2.45 bits per heavy atom. The van der Waals surface area contributed by atoms with Crippen molar-refractivity contribution in [3.8, 4) is 11.4 Å². The highest BCUT2D eigenvalue weighted by Gasteiger charge is 2.17. The summed E-state index contributed by atoms with van der Waals surface area (Å²) in [4.78, 5) is 42.7. The average Bonchev–Trinajstić information content (AvgIpc) is 2.79. The maximum atomic E-state index is 12.8. The number of pyridine rings is 1. The number of hydrogen-bond acceptors (Lipinski definition) is 5. The standard InChI is InChI=1S/C23H20N4O4/c1-14-6-4-5-7-19(14)25-21(28)15-12-18-20(24-13-15)27(23(30)26(2)22(18)29)16-8-10-17(31-3)11-9-16/h4-13H,1-3H3,(H,25,28). The van der Waals surface area contributed by atoms with E-state index in [9.17, 15) is 14.4 Å². The van der Waals surface area contributed by atoms with Crippen LogP contribution in [0.5, 0.6) is 5.75 Å². The Balaban J connectivity index is 1.85. The Morgan fingerprint density at radius 2 is 1.77 bits per heavy atom. The normalized spacial score (nSPS) is 10.8. The second kappa shape index (κ2) is 7.91. The van der Waals surface area contributed by atoms with E-state index in [-0.39, 0.29) is 16.6 Å². The molecule has 0 aliphatic carbocycles. The Kier molecular flexibility index (Phi) is 5.12. The number of para-hydroxylation sites is 1. The molecule has 4 aromatic rings. The van der Waals surface area contributed by atoms with Gasteiger partial charge in [-0.15, -0.1) is 0 Å². The van der Waals surface area contributed by atoms with Crippen LogP contribution in [-0.2, 0) is 7.05 Å². The molecule has 0 radical (unpaired) electrons. The third-order valence-electron chi connectivity index (χ3n) is 5.08. The van der Waals surface area contributed by atoms with Gasteiger partial charge < -0.3 is 10.1 Å². The number of carbonyl (C=O) groups excluding carboxylic acids is 1. The van der Waals surface area contributed by atoms with Gasteiger partial charge in [-0.05, 0) is 48.9 Å². The lowest BCUT2D eigenvalue weighted by Gasteiger charge is -2.13. The summed E-state index contributed by atoms with van der Waals surface area (Å²) in [5, 5.41) is 2.99. The van der Waals surface area contributed by atoms with Crippen LogP contribution in [-0.4, -0.2) is 27.1 Å². The minimum Gasteiger partial charge on any atom is -0.497 e. The summed E-state index contributed by atoms with van der Waals surface area (Å²) >= 11 is 0. The summed E-state index contributed by atoms with van der Waals surface area (Å²) < 4.78 is 7.49. The van der Waals surface area contributed by atoms with Gasteiger partial charge in [-0.25, -0.2) is 14.3 Å². The highest BCUT2D eigenvalue weighted by molar-refractivity contribution is 6.05. The van der Waals surface area contributed by atoms with Gasteiger partial charge in [-0.1, -0.05) is 18.2 Å². The molecule has 0 saturated heterocycles. The maximum absolute atomic E-state index is 12.8. The molecule has 31 heavy (non-hydrogen) atoms. The number of hydrogen-bond donors (Lipinski definition) is 1. The van der Waals surface area contributed by atoms with Crippen LogP contribution in [0.2, 0.25) is 0 Å². The molecule has 0 fully saturated rings. The summed E-state index contributed by atoms with van der Waals surface area (Å²) in [5.74, 6) is 0.238. The molecule has 2 aromatic carbocycles. The van der Waals surface area contributed by atoms with Gasteiger partial charge in [0, 0.05) is 18.9 Å². The molecule has 0 saturated carbocycles. The molecule has 1 amide bonds. The molecule has 156 valence electrons. The number of nitrogens with zero attached hydrogens (tertiary/aromatic N) is 3. The quantitative estimate of drug-likeness (QED) is 0.552. The van der Waals surface area contributed by atoms with Crippen LogP contribution in [0.25, 0.3) is 16.7 Å². The zero-order chi connectivity index (χ0) is 22.1. The highest BCUT2D eigenvalue weighted by Crippen LogP contribution is 2.18. The molecule has 0 bridgehead atoms. The fraction of sp³-hybridized carbons (Fsp3) is 0.130. The number of fused-ring (bicyclic) bond motifs is 1. The zero-order valence-electron chi connectivity index (χ0n) is 17.2. The second-order valence-electron chi connectivity index (χ2n) is 7.04. The fourth-order valence-electron chi connectivity index (χ4n) is 3.30. The summed E-state index contributed by atoms with van der Waals surface area (Å²) in [6.07, 6.45) is 1.36. The number of methoxy groups -OCH3 is 1. The molecule has 2 heterocycles. The van der Waals surface area contributed by atoms with Gasteiger partial charge >= 0.3 is 5.69 Å². The van der Waals surface area contributed by atoms with Crippen molar-refractivity contribution in [1.82, 2.24) is 14.1 Å². The molecule has 4 rings (SSSR count). The van der Waals surface area contributed by atoms with E-state index in [0.29, 0.717) is 17.1 Å².